The summed E-state index contributed by atoms with van der Waals surface area (Å²) in [6.07, 6.45) is -4.75. The van der Waals surface area contributed by atoms with Gasteiger partial charge in [-0.2, -0.15) is 4.98 Å². The summed E-state index contributed by atoms with van der Waals surface area (Å²) in [7, 11) is 0. The molecule has 10 heteroatoms. The first-order chi connectivity index (χ1) is 14.2. The molecule has 1 N–H and O–H groups in total. The molecule has 1 amide bonds. The summed E-state index contributed by atoms with van der Waals surface area (Å²) in [6.45, 7) is 3.47. The standard InChI is InChI=1S/C20H18F3N3O3S/c1-12(14-7-9-15(10-8-14)28-20(21,22)23)24-19(27)16-5-3-4-6-17(16)30-11-18-25-13(2)26-29-18/h3-10,12H,11H2,1-2H3,(H,24,27). The Balaban J connectivity index is 1.65. The maximum Gasteiger partial charge on any atom is 0.573 e. The molecule has 0 saturated carbocycles. The summed E-state index contributed by atoms with van der Waals surface area (Å²) >= 11 is 1.39. The monoisotopic (exact) mass is 437 g/mol. The van der Waals surface area contributed by atoms with E-state index in [0.717, 1.165) is 4.90 Å². The van der Waals surface area contributed by atoms with Crippen LogP contribution in [0.2, 0.25) is 0 Å². The first-order valence-corrected chi connectivity index (χ1v) is 9.87. The number of carbonyl (C=O) groups excluding carboxylic acids is 1. The van der Waals surface area contributed by atoms with Gasteiger partial charge in [0.05, 0.1) is 17.4 Å². The largest absolute Gasteiger partial charge is 0.573 e. The Morgan fingerprint density at radius 3 is 2.53 bits per heavy atom. The van der Waals surface area contributed by atoms with Crippen molar-refractivity contribution < 1.29 is 27.2 Å². The number of amides is 1. The molecule has 0 spiro atoms. The van der Waals surface area contributed by atoms with E-state index in [0.29, 0.717) is 28.6 Å². The number of ether oxygens (including phenoxy) is 1. The Hall–Kier alpha value is -3.01. The lowest BCUT2D eigenvalue weighted by Gasteiger charge is -2.16. The van der Waals surface area contributed by atoms with Gasteiger partial charge in [-0.15, -0.1) is 24.9 Å². The zero-order valence-electron chi connectivity index (χ0n) is 16.1. The summed E-state index contributed by atoms with van der Waals surface area (Å²) in [6, 6.07) is 12.0. The molecular formula is C20H18F3N3O3S. The van der Waals surface area contributed by atoms with Crippen LogP contribution < -0.4 is 10.1 Å². The number of benzene rings is 2. The highest BCUT2D eigenvalue weighted by Crippen LogP contribution is 2.27. The van der Waals surface area contributed by atoms with E-state index in [4.69, 9.17) is 4.52 Å². The van der Waals surface area contributed by atoms with Crippen LogP contribution in [0.4, 0.5) is 13.2 Å². The molecule has 0 radical (unpaired) electrons. The number of carbonyl (C=O) groups is 1. The number of nitrogens with one attached hydrogen (secondary N) is 1. The number of nitrogens with zero attached hydrogens (tertiary/aromatic N) is 2. The second kappa shape index (κ2) is 9.21. The molecule has 1 unspecified atom stereocenters. The number of thioether (sulfide) groups is 1. The second-order valence-corrected chi connectivity index (χ2v) is 7.35. The fraction of sp³-hybridized carbons (Fsp3) is 0.250. The molecule has 6 nitrogen and oxygen atoms in total. The third kappa shape index (κ3) is 5.99. The van der Waals surface area contributed by atoms with E-state index in [9.17, 15) is 18.0 Å². The minimum Gasteiger partial charge on any atom is -0.406 e. The van der Waals surface area contributed by atoms with Crippen molar-refractivity contribution in [3.05, 3.63) is 71.4 Å². The van der Waals surface area contributed by atoms with E-state index in [-0.39, 0.29) is 11.7 Å². The van der Waals surface area contributed by atoms with Crippen LogP contribution in [0.15, 0.2) is 57.9 Å². The van der Waals surface area contributed by atoms with Crippen LogP contribution in [0.3, 0.4) is 0 Å². The van der Waals surface area contributed by atoms with E-state index in [1.54, 1.807) is 26.0 Å². The molecule has 3 aromatic rings. The first-order valence-electron chi connectivity index (χ1n) is 8.89. The highest BCUT2D eigenvalue weighted by Gasteiger charge is 2.31. The lowest BCUT2D eigenvalue weighted by Crippen LogP contribution is -2.27. The molecule has 0 aliphatic carbocycles. The average molecular weight is 437 g/mol. The highest BCUT2D eigenvalue weighted by molar-refractivity contribution is 7.98. The third-order valence-corrected chi connectivity index (χ3v) is 5.07. The molecule has 158 valence electrons. The number of aromatic nitrogens is 2. The number of aryl methyl sites for hydroxylation is 1. The number of rotatable bonds is 7. The van der Waals surface area contributed by atoms with Gasteiger partial charge in [0.25, 0.3) is 5.91 Å². The van der Waals surface area contributed by atoms with Crippen LogP contribution in [-0.4, -0.2) is 22.4 Å². The Morgan fingerprint density at radius 2 is 1.90 bits per heavy atom. The Morgan fingerprint density at radius 1 is 1.20 bits per heavy atom. The van der Waals surface area contributed by atoms with E-state index >= 15 is 0 Å². The molecular weight excluding hydrogens is 419 g/mol. The molecule has 0 saturated heterocycles. The van der Waals surface area contributed by atoms with Gasteiger partial charge in [-0.1, -0.05) is 29.4 Å². The van der Waals surface area contributed by atoms with Crippen LogP contribution >= 0.6 is 11.8 Å². The van der Waals surface area contributed by atoms with Crippen molar-refractivity contribution in [2.75, 3.05) is 0 Å². The fourth-order valence-corrected chi connectivity index (χ4v) is 3.52. The number of alkyl halides is 3. The van der Waals surface area contributed by atoms with Crippen molar-refractivity contribution in [1.82, 2.24) is 15.5 Å². The van der Waals surface area contributed by atoms with Gasteiger partial charge in [0.1, 0.15) is 5.75 Å². The summed E-state index contributed by atoms with van der Waals surface area (Å²) in [5.41, 5.74) is 1.12. The molecule has 30 heavy (non-hydrogen) atoms. The van der Waals surface area contributed by atoms with E-state index in [2.05, 4.69) is 20.2 Å². The summed E-state index contributed by atoms with van der Waals surface area (Å²) in [5, 5.41) is 6.59. The van der Waals surface area contributed by atoms with Crippen LogP contribution in [0.25, 0.3) is 0 Å². The maximum atomic E-state index is 12.8. The zero-order chi connectivity index (χ0) is 21.7. The highest BCUT2D eigenvalue weighted by atomic mass is 32.2. The van der Waals surface area contributed by atoms with Crippen molar-refractivity contribution in [3.8, 4) is 5.75 Å². The minimum absolute atomic E-state index is 0.303. The van der Waals surface area contributed by atoms with Crippen LogP contribution in [0, 0.1) is 6.92 Å². The third-order valence-electron chi connectivity index (χ3n) is 4.01. The van der Waals surface area contributed by atoms with Gasteiger partial charge in [0, 0.05) is 4.90 Å². The van der Waals surface area contributed by atoms with Crippen molar-refractivity contribution in [2.45, 2.75) is 36.9 Å². The van der Waals surface area contributed by atoms with Crippen molar-refractivity contribution in [2.24, 2.45) is 0 Å². The van der Waals surface area contributed by atoms with Gasteiger partial charge in [-0.3, -0.25) is 4.79 Å². The van der Waals surface area contributed by atoms with Crippen molar-refractivity contribution in [1.29, 1.82) is 0 Å². The lowest BCUT2D eigenvalue weighted by molar-refractivity contribution is -0.274. The Bertz CT molecular complexity index is 1010. The number of hydrogen-bond acceptors (Lipinski definition) is 6. The molecule has 0 fully saturated rings. The summed E-state index contributed by atoms with van der Waals surface area (Å²) < 4.78 is 45.8. The lowest BCUT2D eigenvalue weighted by atomic mass is 10.1. The fourth-order valence-electron chi connectivity index (χ4n) is 2.63. The minimum atomic E-state index is -4.75. The normalized spacial score (nSPS) is 12.4. The molecule has 0 aliphatic rings. The number of hydrogen-bond donors (Lipinski definition) is 1. The predicted molar refractivity (Wildman–Crippen MR) is 104 cm³/mol. The molecule has 0 aliphatic heterocycles. The first kappa shape index (κ1) is 21.7. The van der Waals surface area contributed by atoms with Gasteiger partial charge in [-0.05, 0) is 43.7 Å². The second-order valence-electron chi connectivity index (χ2n) is 6.33. The van der Waals surface area contributed by atoms with E-state index in [1.165, 1.54) is 36.0 Å². The molecule has 1 atom stereocenters. The van der Waals surface area contributed by atoms with Crippen LogP contribution in [-0.2, 0) is 5.75 Å². The number of halogens is 3. The maximum absolute atomic E-state index is 12.8. The van der Waals surface area contributed by atoms with Gasteiger partial charge in [0.15, 0.2) is 5.82 Å². The summed E-state index contributed by atoms with van der Waals surface area (Å²) in [4.78, 5) is 17.7. The van der Waals surface area contributed by atoms with E-state index < -0.39 is 12.4 Å². The van der Waals surface area contributed by atoms with Gasteiger partial charge in [0.2, 0.25) is 5.89 Å². The molecule has 0 bridgehead atoms. The Labute approximate surface area is 174 Å². The molecule has 3 rings (SSSR count). The van der Waals surface area contributed by atoms with Crippen LogP contribution in [0.5, 0.6) is 5.75 Å². The van der Waals surface area contributed by atoms with Crippen molar-refractivity contribution in [3.63, 3.8) is 0 Å². The average Bonchev–Trinajstić information content (AvgIpc) is 3.11. The molecule has 2 aromatic carbocycles. The SMILES string of the molecule is Cc1noc(CSc2ccccc2C(=O)NC(C)c2ccc(OC(F)(F)F)cc2)n1. The summed E-state index contributed by atoms with van der Waals surface area (Å²) in [5.74, 6) is 0.798. The van der Waals surface area contributed by atoms with Gasteiger partial charge >= 0.3 is 6.36 Å². The van der Waals surface area contributed by atoms with Gasteiger partial charge in [-0.25, -0.2) is 0 Å². The zero-order valence-corrected chi connectivity index (χ0v) is 16.9. The smallest absolute Gasteiger partial charge is 0.406 e. The Kier molecular flexibility index (Phi) is 6.66. The quantitative estimate of drug-likeness (QED) is 0.521. The van der Waals surface area contributed by atoms with E-state index in [1.807, 2.05) is 12.1 Å². The van der Waals surface area contributed by atoms with Crippen LogP contribution in [0.1, 0.15) is 40.6 Å². The predicted octanol–water partition coefficient (Wildman–Crippen LogP) is 5.06. The molecule has 1 heterocycles. The molecule has 1 aromatic heterocycles. The van der Waals surface area contributed by atoms with Crippen molar-refractivity contribution >= 4 is 17.7 Å². The topological polar surface area (TPSA) is 77.2 Å². The van der Waals surface area contributed by atoms with Gasteiger partial charge < -0.3 is 14.6 Å².